The molecule has 0 aliphatic carbocycles. The topological polar surface area (TPSA) is 86.4 Å². The van der Waals surface area contributed by atoms with Gasteiger partial charge in [0.25, 0.3) is 5.89 Å². The molecule has 28 heavy (non-hydrogen) atoms. The molecule has 8 heteroatoms. The minimum atomic E-state index is -0.637. The molecule has 0 unspecified atom stereocenters. The molecular formula is C20H21N3O4S. The van der Waals surface area contributed by atoms with Gasteiger partial charge < -0.3 is 14.5 Å². The second-order valence-corrected chi connectivity index (χ2v) is 7.79. The largest absolute Gasteiger partial charge is 0.437 e. The van der Waals surface area contributed by atoms with Crippen molar-refractivity contribution in [3.05, 3.63) is 64.0 Å². The lowest BCUT2D eigenvalue weighted by Crippen LogP contribution is -2.45. The number of carbonyl (C=O) groups is 1. The van der Waals surface area contributed by atoms with Crippen LogP contribution < -0.4 is 11.1 Å². The molecule has 1 fully saturated rings. The molecule has 1 saturated heterocycles. The molecule has 0 radical (unpaired) electrons. The smallest absolute Gasteiger partial charge is 0.387 e. The summed E-state index contributed by atoms with van der Waals surface area (Å²) in [6.45, 7) is 1.65. The maximum Gasteiger partial charge on any atom is 0.437 e. The highest BCUT2D eigenvalue weighted by molar-refractivity contribution is 7.13. The first-order valence-corrected chi connectivity index (χ1v) is 10.1. The first kappa shape index (κ1) is 18.6. The molecule has 1 aliphatic heterocycles. The summed E-state index contributed by atoms with van der Waals surface area (Å²) in [5.74, 6) is -0.671. The van der Waals surface area contributed by atoms with Crippen LogP contribution in [0.2, 0.25) is 0 Å². The van der Waals surface area contributed by atoms with E-state index in [1.54, 1.807) is 0 Å². The number of rotatable bonds is 6. The molecule has 0 saturated carbocycles. The quantitative estimate of drug-likeness (QED) is 0.688. The molecule has 7 nitrogen and oxygen atoms in total. The summed E-state index contributed by atoms with van der Waals surface area (Å²) in [4.78, 5) is 25.2. The van der Waals surface area contributed by atoms with Gasteiger partial charge in [-0.1, -0.05) is 36.4 Å². The van der Waals surface area contributed by atoms with Gasteiger partial charge in [-0.05, 0) is 29.9 Å². The normalized spacial score (nSPS) is 16.0. The van der Waals surface area contributed by atoms with Gasteiger partial charge in [0.2, 0.25) is 5.91 Å². The number of carbonyl (C=O) groups excluding carboxylic acids is 1. The molecule has 3 heterocycles. The predicted octanol–water partition coefficient (Wildman–Crippen LogP) is 2.43. The van der Waals surface area contributed by atoms with Crippen LogP contribution in [-0.2, 0) is 21.5 Å². The van der Waals surface area contributed by atoms with E-state index < -0.39 is 5.76 Å². The summed E-state index contributed by atoms with van der Waals surface area (Å²) in [6.07, 6.45) is 1.67. The van der Waals surface area contributed by atoms with E-state index in [9.17, 15) is 9.59 Å². The summed E-state index contributed by atoms with van der Waals surface area (Å²) in [5, 5.41) is 8.98. The number of hydrogen-bond donors (Lipinski definition) is 1. The zero-order chi connectivity index (χ0) is 19.4. The van der Waals surface area contributed by atoms with Crippen LogP contribution in [0, 0.1) is 0 Å². The number of hydrogen-bond acceptors (Lipinski definition) is 6. The van der Waals surface area contributed by atoms with Crippen LogP contribution in [0.5, 0.6) is 0 Å². The second kappa shape index (κ2) is 8.12. The highest BCUT2D eigenvalue weighted by Gasteiger charge is 2.34. The molecule has 4 rings (SSSR count). The Kier molecular flexibility index (Phi) is 5.40. The predicted molar refractivity (Wildman–Crippen MR) is 105 cm³/mol. The van der Waals surface area contributed by atoms with Crippen molar-refractivity contribution in [1.29, 1.82) is 0 Å². The average molecular weight is 399 g/mol. The van der Waals surface area contributed by atoms with E-state index in [1.807, 2.05) is 35.7 Å². The SMILES string of the molecule is O=C(Cn1nc(-c2cccs2)oc1=O)NCC1(c2ccccc2)CCOCC1. The van der Waals surface area contributed by atoms with Gasteiger partial charge >= 0.3 is 5.76 Å². The standard InChI is InChI=1S/C20H21N3O4S/c24-17(13-23-19(25)27-18(22-23)16-7-4-12-28-16)21-14-20(8-10-26-11-9-20)15-5-2-1-3-6-15/h1-7,12H,8-11,13-14H2,(H,21,24). The maximum atomic E-state index is 12.5. The lowest BCUT2D eigenvalue weighted by Gasteiger charge is -2.38. The second-order valence-electron chi connectivity index (χ2n) is 6.84. The van der Waals surface area contributed by atoms with Crippen molar-refractivity contribution in [2.45, 2.75) is 24.8 Å². The van der Waals surface area contributed by atoms with E-state index in [-0.39, 0.29) is 23.8 Å². The number of thiophene rings is 1. The van der Waals surface area contributed by atoms with Crippen molar-refractivity contribution in [2.75, 3.05) is 19.8 Å². The molecule has 0 bridgehead atoms. The molecule has 3 aromatic rings. The molecule has 1 aliphatic rings. The van der Waals surface area contributed by atoms with Gasteiger partial charge in [-0.2, -0.15) is 4.68 Å². The summed E-state index contributed by atoms with van der Waals surface area (Å²) in [5.41, 5.74) is 1.03. The zero-order valence-corrected chi connectivity index (χ0v) is 16.1. The van der Waals surface area contributed by atoms with E-state index in [1.165, 1.54) is 16.9 Å². The van der Waals surface area contributed by atoms with Crippen molar-refractivity contribution in [2.24, 2.45) is 0 Å². The van der Waals surface area contributed by atoms with E-state index in [4.69, 9.17) is 9.15 Å². The Balaban J connectivity index is 1.44. The number of benzene rings is 1. The maximum absolute atomic E-state index is 12.5. The van der Waals surface area contributed by atoms with Gasteiger partial charge in [0.05, 0.1) is 4.88 Å². The highest BCUT2D eigenvalue weighted by atomic mass is 32.1. The number of amides is 1. The molecular weight excluding hydrogens is 378 g/mol. The van der Waals surface area contributed by atoms with Crippen LogP contribution >= 0.6 is 11.3 Å². The fourth-order valence-electron chi connectivity index (χ4n) is 3.49. The third kappa shape index (κ3) is 3.93. The minimum Gasteiger partial charge on any atom is -0.387 e. The molecule has 1 N–H and O–H groups in total. The molecule has 0 atom stereocenters. The van der Waals surface area contributed by atoms with Crippen LogP contribution in [0.25, 0.3) is 10.8 Å². The fraction of sp³-hybridized carbons (Fsp3) is 0.350. The summed E-state index contributed by atoms with van der Waals surface area (Å²) < 4.78 is 11.7. The van der Waals surface area contributed by atoms with Crippen molar-refractivity contribution < 1.29 is 13.9 Å². The minimum absolute atomic E-state index is 0.161. The Hall–Kier alpha value is -2.71. The van der Waals surface area contributed by atoms with E-state index in [0.29, 0.717) is 19.8 Å². The first-order chi connectivity index (χ1) is 13.7. The van der Waals surface area contributed by atoms with Gasteiger partial charge in [-0.25, -0.2) is 4.79 Å². The number of nitrogens with zero attached hydrogens (tertiary/aromatic N) is 2. The van der Waals surface area contributed by atoms with Crippen molar-refractivity contribution >= 4 is 17.2 Å². The van der Waals surface area contributed by atoms with Gasteiger partial charge in [0.1, 0.15) is 6.54 Å². The van der Waals surface area contributed by atoms with Crippen LogP contribution in [0.15, 0.2) is 57.1 Å². The van der Waals surface area contributed by atoms with Gasteiger partial charge in [0, 0.05) is 25.2 Å². The Bertz CT molecular complexity index is 973. The first-order valence-electron chi connectivity index (χ1n) is 9.18. The molecule has 2 aromatic heterocycles. The fourth-order valence-corrected chi connectivity index (χ4v) is 4.13. The molecule has 1 aromatic carbocycles. The van der Waals surface area contributed by atoms with Crippen molar-refractivity contribution in [1.82, 2.24) is 15.1 Å². The molecule has 1 amide bonds. The summed E-state index contributed by atoms with van der Waals surface area (Å²) >= 11 is 1.42. The van der Waals surface area contributed by atoms with Crippen LogP contribution in [0.3, 0.4) is 0 Å². The summed E-state index contributed by atoms with van der Waals surface area (Å²) in [6, 6.07) is 13.8. The van der Waals surface area contributed by atoms with Gasteiger partial charge in [-0.15, -0.1) is 16.4 Å². The Morgan fingerprint density at radius 1 is 1.18 bits per heavy atom. The van der Waals surface area contributed by atoms with E-state index >= 15 is 0 Å². The van der Waals surface area contributed by atoms with Crippen molar-refractivity contribution in [3.63, 3.8) is 0 Å². The zero-order valence-electron chi connectivity index (χ0n) is 15.3. The van der Waals surface area contributed by atoms with Crippen molar-refractivity contribution in [3.8, 4) is 10.8 Å². The van der Waals surface area contributed by atoms with E-state index in [0.717, 1.165) is 22.4 Å². The third-order valence-corrected chi connectivity index (χ3v) is 5.95. The lowest BCUT2D eigenvalue weighted by atomic mass is 9.74. The highest BCUT2D eigenvalue weighted by Crippen LogP contribution is 2.34. The third-order valence-electron chi connectivity index (χ3n) is 5.09. The molecule has 0 spiro atoms. The molecule has 146 valence electrons. The summed E-state index contributed by atoms with van der Waals surface area (Å²) in [7, 11) is 0. The van der Waals surface area contributed by atoms with E-state index in [2.05, 4.69) is 22.5 Å². The van der Waals surface area contributed by atoms with Gasteiger partial charge in [-0.3, -0.25) is 4.79 Å². The van der Waals surface area contributed by atoms with Crippen LogP contribution in [0.4, 0.5) is 0 Å². The lowest BCUT2D eigenvalue weighted by molar-refractivity contribution is -0.122. The Labute approximate surface area is 165 Å². The monoisotopic (exact) mass is 399 g/mol. The number of nitrogens with one attached hydrogen (secondary N) is 1. The average Bonchev–Trinajstić information content (AvgIpc) is 3.38. The number of ether oxygens (including phenoxy) is 1. The Morgan fingerprint density at radius 2 is 1.96 bits per heavy atom. The van der Waals surface area contributed by atoms with Gasteiger partial charge in [0.15, 0.2) is 0 Å². The Morgan fingerprint density at radius 3 is 2.68 bits per heavy atom. The number of aromatic nitrogens is 2. The van der Waals surface area contributed by atoms with Crippen LogP contribution in [0.1, 0.15) is 18.4 Å². The van der Waals surface area contributed by atoms with Crippen LogP contribution in [-0.4, -0.2) is 35.4 Å².